The number of anilines is 1. The van der Waals surface area contributed by atoms with Crippen molar-refractivity contribution in [1.82, 2.24) is 9.55 Å². The molecule has 0 atom stereocenters. The van der Waals surface area contributed by atoms with Crippen LogP contribution >= 0.6 is 0 Å². The Morgan fingerprint density at radius 3 is 2.34 bits per heavy atom. The molecule has 4 aromatic rings. The third kappa shape index (κ3) is 4.02. The first-order valence-corrected chi connectivity index (χ1v) is 11.6. The van der Waals surface area contributed by atoms with Crippen LogP contribution in [0.3, 0.4) is 0 Å². The molecule has 4 heteroatoms. The van der Waals surface area contributed by atoms with Crippen LogP contribution in [-0.4, -0.2) is 22.6 Å². The van der Waals surface area contributed by atoms with Crippen molar-refractivity contribution >= 4 is 16.7 Å². The number of hydrogen-bond acceptors (Lipinski definition) is 2. The maximum Gasteiger partial charge on any atom is 0.153 e. The summed E-state index contributed by atoms with van der Waals surface area (Å²) in [5.41, 5.74) is 6.28. The van der Waals surface area contributed by atoms with Crippen LogP contribution in [0.2, 0.25) is 0 Å². The molecule has 5 rings (SSSR count). The van der Waals surface area contributed by atoms with E-state index in [2.05, 4.69) is 59.7 Å². The van der Waals surface area contributed by atoms with Gasteiger partial charge in [-0.2, -0.15) is 0 Å². The van der Waals surface area contributed by atoms with Crippen LogP contribution in [0.5, 0.6) is 0 Å². The largest absolute Gasteiger partial charge is 0.355 e. The number of fused-ring (bicyclic) bond motifs is 1. The highest BCUT2D eigenvalue weighted by Gasteiger charge is 2.24. The van der Waals surface area contributed by atoms with E-state index in [9.17, 15) is 4.39 Å². The van der Waals surface area contributed by atoms with Crippen molar-refractivity contribution in [2.24, 2.45) is 5.92 Å². The lowest BCUT2D eigenvalue weighted by Crippen LogP contribution is -2.35. The summed E-state index contributed by atoms with van der Waals surface area (Å²) in [6, 6.07) is 19.8. The molecule has 164 valence electrons. The molecule has 0 radical (unpaired) electrons. The molecule has 0 spiro atoms. The summed E-state index contributed by atoms with van der Waals surface area (Å²) in [7, 11) is 0. The van der Waals surface area contributed by atoms with Crippen molar-refractivity contribution in [3.8, 4) is 0 Å². The molecule has 3 nitrogen and oxygen atoms in total. The molecule has 0 aliphatic carbocycles. The second-order valence-corrected chi connectivity index (χ2v) is 9.07. The third-order valence-electron chi connectivity index (χ3n) is 7.06. The monoisotopic (exact) mass is 427 g/mol. The number of hydrogen-bond donors (Lipinski definition) is 0. The highest BCUT2D eigenvalue weighted by Crippen LogP contribution is 2.34. The van der Waals surface area contributed by atoms with Crippen molar-refractivity contribution < 1.29 is 4.39 Å². The van der Waals surface area contributed by atoms with Crippen LogP contribution in [0.4, 0.5) is 10.2 Å². The average molecular weight is 428 g/mol. The molecular weight excluding hydrogens is 397 g/mol. The number of nitrogens with zero attached hydrogens (tertiary/aromatic N) is 3. The summed E-state index contributed by atoms with van der Waals surface area (Å²) >= 11 is 0. The predicted molar refractivity (Wildman–Crippen MR) is 130 cm³/mol. The van der Waals surface area contributed by atoms with E-state index in [1.54, 1.807) is 12.1 Å². The van der Waals surface area contributed by atoms with E-state index in [0.29, 0.717) is 0 Å². The lowest BCUT2D eigenvalue weighted by molar-refractivity contribution is 0.402. The Kier molecular flexibility index (Phi) is 5.69. The van der Waals surface area contributed by atoms with Crippen molar-refractivity contribution in [1.29, 1.82) is 0 Å². The van der Waals surface area contributed by atoms with E-state index >= 15 is 0 Å². The molecule has 32 heavy (non-hydrogen) atoms. The van der Waals surface area contributed by atoms with Crippen LogP contribution in [-0.2, 0) is 13.0 Å². The Morgan fingerprint density at radius 2 is 1.62 bits per heavy atom. The molecule has 3 heterocycles. The van der Waals surface area contributed by atoms with Gasteiger partial charge >= 0.3 is 0 Å². The Labute approximate surface area is 189 Å². The quantitative estimate of drug-likeness (QED) is 0.373. The Morgan fingerprint density at radius 1 is 0.906 bits per heavy atom. The first-order valence-electron chi connectivity index (χ1n) is 11.6. The van der Waals surface area contributed by atoms with Crippen molar-refractivity contribution in [2.75, 3.05) is 18.0 Å². The summed E-state index contributed by atoms with van der Waals surface area (Å²) in [5, 5.41) is 1.26. The zero-order valence-corrected chi connectivity index (χ0v) is 18.9. The molecule has 1 aliphatic rings. The Balaban J connectivity index is 1.42. The molecule has 0 unspecified atom stereocenters. The fourth-order valence-electron chi connectivity index (χ4n) is 5.07. The van der Waals surface area contributed by atoms with Gasteiger partial charge in [0.2, 0.25) is 0 Å². The normalized spacial score (nSPS) is 14.9. The summed E-state index contributed by atoms with van der Waals surface area (Å²) < 4.78 is 15.8. The maximum absolute atomic E-state index is 13.4. The molecule has 1 saturated heterocycles. The number of piperidine rings is 1. The zero-order valence-electron chi connectivity index (χ0n) is 18.9. The minimum Gasteiger partial charge on any atom is -0.355 e. The van der Waals surface area contributed by atoms with Gasteiger partial charge < -0.3 is 9.47 Å². The number of rotatable bonds is 5. The van der Waals surface area contributed by atoms with Crippen molar-refractivity contribution in [3.05, 3.63) is 95.1 Å². The number of pyridine rings is 1. The van der Waals surface area contributed by atoms with Crippen molar-refractivity contribution in [3.63, 3.8) is 0 Å². The molecule has 0 saturated carbocycles. The summed E-state index contributed by atoms with van der Waals surface area (Å²) in [4.78, 5) is 7.32. The SMILES string of the molecule is Cc1c(C)n(Cc2ccc(F)cc2)c2c(N3CCC(Cc4ccccc4)CC3)nccc12. The lowest BCUT2D eigenvalue weighted by Gasteiger charge is -2.33. The maximum atomic E-state index is 13.4. The van der Waals surface area contributed by atoms with Gasteiger partial charge in [-0.3, -0.25) is 0 Å². The van der Waals surface area contributed by atoms with E-state index < -0.39 is 0 Å². The predicted octanol–water partition coefficient (Wildman–Crippen LogP) is 6.30. The van der Waals surface area contributed by atoms with Gasteiger partial charge in [0.1, 0.15) is 5.82 Å². The van der Waals surface area contributed by atoms with E-state index in [0.717, 1.165) is 43.4 Å². The molecule has 1 aliphatic heterocycles. The molecule has 2 aromatic heterocycles. The summed E-state index contributed by atoms with van der Waals surface area (Å²) in [6.45, 7) is 7.15. The minimum atomic E-state index is -0.195. The standard InChI is InChI=1S/C28H30FN3/c1-20-21(2)32(19-24-8-10-25(29)11-9-24)27-26(20)12-15-30-28(27)31-16-13-23(14-17-31)18-22-6-4-3-5-7-22/h3-12,15,23H,13-14,16-19H2,1-2H3. The molecular formula is C28H30FN3. The molecule has 2 aromatic carbocycles. The average Bonchev–Trinajstić information content (AvgIpc) is 3.07. The van der Waals surface area contributed by atoms with E-state index in [1.165, 1.54) is 40.6 Å². The number of halogens is 1. The highest BCUT2D eigenvalue weighted by atomic mass is 19.1. The van der Waals surface area contributed by atoms with Crippen LogP contribution in [0.25, 0.3) is 10.9 Å². The first-order chi connectivity index (χ1) is 15.6. The van der Waals surface area contributed by atoms with Gasteiger partial charge in [0, 0.05) is 36.9 Å². The van der Waals surface area contributed by atoms with Gasteiger partial charge in [-0.15, -0.1) is 0 Å². The zero-order chi connectivity index (χ0) is 22.1. The molecule has 0 bridgehead atoms. The minimum absolute atomic E-state index is 0.195. The smallest absolute Gasteiger partial charge is 0.153 e. The topological polar surface area (TPSA) is 21.1 Å². The van der Waals surface area contributed by atoms with Gasteiger partial charge in [0.15, 0.2) is 5.82 Å². The second-order valence-electron chi connectivity index (χ2n) is 9.07. The van der Waals surface area contributed by atoms with E-state index in [-0.39, 0.29) is 5.82 Å². The number of aryl methyl sites for hydroxylation is 1. The fourth-order valence-corrected chi connectivity index (χ4v) is 5.07. The Bertz CT molecular complexity index is 1200. The first kappa shape index (κ1) is 20.7. The fraction of sp³-hybridized carbons (Fsp3) is 0.321. The van der Waals surface area contributed by atoms with Crippen LogP contribution in [0.15, 0.2) is 66.9 Å². The summed E-state index contributed by atoms with van der Waals surface area (Å²) in [5.74, 6) is 1.61. The molecule has 0 amide bonds. The summed E-state index contributed by atoms with van der Waals surface area (Å²) in [6.07, 6.45) is 5.47. The van der Waals surface area contributed by atoms with E-state index in [1.807, 2.05) is 18.3 Å². The highest BCUT2D eigenvalue weighted by molar-refractivity contribution is 5.93. The van der Waals surface area contributed by atoms with Crippen molar-refractivity contribution in [2.45, 2.75) is 39.7 Å². The van der Waals surface area contributed by atoms with Gasteiger partial charge in [-0.25, -0.2) is 9.37 Å². The van der Waals surface area contributed by atoms with Gasteiger partial charge in [-0.1, -0.05) is 42.5 Å². The third-order valence-corrected chi connectivity index (χ3v) is 7.06. The molecule has 1 fully saturated rings. The van der Waals surface area contributed by atoms with Crippen LogP contribution < -0.4 is 4.90 Å². The lowest BCUT2D eigenvalue weighted by atomic mass is 9.90. The van der Waals surface area contributed by atoms with Crippen LogP contribution in [0.1, 0.15) is 35.2 Å². The Hall–Kier alpha value is -3.14. The van der Waals surface area contributed by atoms with Gasteiger partial charge in [0.05, 0.1) is 5.52 Å². The van der Waals surface area contributed by atoms with Crippen LogP contribution in [0, 0.1) is 25.6 Å². The number of benzene rings is 2. The second kappa shape index (κ2) is 8.78. The number of aromatic nitrogens is 2. The molecule has 0 N–H and O–H groups in total. The van der Waals surface area contributed by atoms with Gasteiger partial charge in [0.25, 0.3) is 0 Å². The van der Waals surface area contributed by atoms with E-state index in [4.69, 9.17) is 4.98 Å². The van der Waals surface area contributed by atoms with Gasteiger partial charge in [-0.05, 0) is 73.9 Å².